The van der Waals surface area contributed by atoms with Gasteiger partial charge in [-0.15, -0.1) is 0 Å². The van der Waals surface area contributed by atoms with E-state index in [9.17, 15) is 4.79 Å². The highest BCUT2D eigenvalue weighted by Gasteiger charge is 2.43. The van der Waals surface area contributed by atoms with Gasteiger partial charge >= 0.3 is 0 Å². The predicted octanol–water partition coefficient (Wildman–Crippen LogP) is 2.42. The number of amides is 1. The molecule has 1 aromatic carbocycles. The van der Waals surface area contributed by atoms with E-state index in [0.717, 1.165) is 19.3 Å². The molecule has 0 aromatic heterocycles. The number of nitrogens with one attached hydrogen (secondary N) is 1. The van der Waals surface area contributed by atoms with Crippen molar-refractivity contribution in [3.05, 3.63) is 17.2 Å². The molecule has 0 radical (unpaired) electrons. The normalized spacial score (nSPS) is 16.2. The van der Waals surface area contributed by atoms with Gasteiger partial charge in [-0.1, -0.05) is 18.0 Å². The second kappa shape index (κ2) is 5.89. The maximum Gasteiger partial charge on any atom is 0.231 e. The van der Waals surface area contributed by atoms with Crippen molar-refractivity contribution in [1.29, 1.82) is 0 Å². The lowest BCUT2D eigenvalue weighted by molar-refractivity contribution is -0.129. The Hall–Kier alpha value is -1.46. The van der Waals surface area contributed by atoms with Gasteiger partial charge in [0.25, 0.3) is 0 Å². The minimum absolute atomic E-state index is 0.0780. The zero-order valence-corrected chi connectivity index (χ0v) is 12.4. The summed E-state index contributed by atoms with van der Waals surface area (Å²) in [6, 6.07) is 3.27. The van der Waals surface area contributed by atoms with E-state index < -0.39 is 5.41 Å². The third-order valence-electron chi connectivity index (χ3n) is 3.91. The van der Waals surface area contributed by atoms with Gasteiger partial charge in [-0.2, -0.15) is 0 Å². The summed E-state index contributed by atoms with van der Waals surface area (Å²) < 4.78 is 10.4. The first-order chi connectivity index (χ1) is 9.56. The van der Waals surface area contributed by atoms with Crippen LogP contribution in [0.3, 0.4) is 0 Å². The topological polar surface area (TPSA) is 73.6 Å². The standard InChI is InChI=1S/C14H19ClN2O3/c1-19-11-7-12(20-2)10(6-9(11)15)17-13(18)14(8-16)4-3-5-14/h6-7H,3-5,8,16H2,1-2H3,(H,17,18). The van der Waals surface area contributed by atoms with E-state index in [1.54, 1.807) is 12.1 Å². The fourth-order valence-corrected chi connectivity index (χ4v) is 2.58. The first-order valence-electron chi connectivity index (χ1n) is 6.49. The van der Waals surface area contributed by atoms with Crippen LogP contribution < -0.4 is 20.5 Å². The number of halogens is 1. The first kappa shape index (κ1) is 14.9. The molecule has 1 aliphatic rings. The number of nitrogens with two attached hydrogens (primary N) is 1. The summed E-state index contributed by atoms with van der Waals surface area (Å²) in [6.07, 6.45) is 2.67. The van der Waals surface area contributed by atoms with Gasteiger partial charge < -0.3 is 20.5 Å². The average molecular weight is 299 g/mol. The molecule has 5 nitrogen and oxygen atoms in total. The molecule has 1 aliphatic carbocycles. The summed E-state index contributed by atoms with van der Waals surface area (Å²) in [6.45, 7) is 0.352. The molecule has 1 aromatic rings. The van der Waals surface area contributed by atoms with Crippen LogP contribution in [0.15, 0.2) is 12.1 Å². The molecule has 0 atom stereocenters. The molecule has 0 bridgehead atoms. The van der Waals surface area contributed by atoms with Crippen molar-refractivity contribution in [1.82, 2.24) is 0 Å². The first-order valence-corrected chi connectivity index (χ1v) is 6.87. The number of carbonyl (C=O) groups excluding carboxylic acids is 1. The quantitative estimate of drug-likeness (QED) is 0.875. The molecule has 3 N–H and O–H groups in total. The molecular formula is C14H19ClN2O3. The van der Waals surface area contributed by atoms with Gasteiger partial charge in [0.05, 0.1) is 30.3 Å². The Morgan fingerprint density at radius 2 is 2.00 bits per heavy atom. The lowest BCUT2D eigenvalue weighted by Crippen LogP contribution is -2.47. The summed E-state index contributed by atoms with van der Waals surface area (Å²) in [7, 11) is 3.05. The number of hydrogen-bond acceptors (Lipinski definition) is 4. The summed E-state index contributed by atoms with van der Waals surface area (Å²) in [5.74, 6) is 0.926. The molecular weight excluding hydrogens is 280 g/mol. The Morgan fingerprint density at radius 1 is 1.35 bits per heavy atom. The highest BCUT2D eigenvalue weighted by molar-refractivity contribution is 6.32. The molecule has 0 spiro atoms. The average Bonchev–Trinajstić information content (AvgIpc) is 2.38. The van der Waals surface area contributed by atoms with E-state index >= 15 is 0 Å². The zero-order chi connectivity index (χ0) is 14.8. The fraction of sp³-hybridized carbons (Fsp3) is 0.500. The van der Waals surface area contributed by atoms with Crippen LogP contribution in [-0.2, 0) is 4.79 Å². The summed E-state index contributed by atoms with van der Waals surface area (Å²) in [5.41, 5.74) is 5.81. The Labute approximate surface area is 123 Å². The number of methoxy groups -OCH3 is 2. The third kappa shape index (κ3) is 2.55. The number of rotatable bonds is 5. The van der Waals surface area contributed by atoms with Gasteiger partial charge in [0.2, 0.25) is 5.91 Å². The molecule has 0 aliphatic heterocycles. The van der Waals surface area contributed by atoms with Crippen LogP contribution in [0.1, 0.15) is 19.3 Å². The van der Waals surface area contributed by atoms with Crippen LogP contribution in [-0.4, -0.2) is 26.7 Å². The monoisotopic (exact) mass is 298 g/mol. The molecule has 6 heteroatoms. The summed E-state index contributed by atoms with van der Waals surface area (Å²) in [5, 5.41) is 3.28. The van der Waals surface area contributed by atoms with Crippen molar-refractivity contribution < 1.29 is 14.3 Å². The van der Waals surface area contributed by atoms with E-state index in [1.807, 2.05) is 0 Å². The van der Waals surface area contributed by atoms with Crippen LogP contribution in [0.2, 0.25) is 5.02 Å². The second-order valence-electron chi connectivity index (χ2n) is 4.98. The van der Waals surface area contributed by atoms with E-state index in [0.29, 0.717) is 28.8 Å². The molecule has 1 amide bonds. The lowest BCUT2D eigenvalue weighted by Gasteiger charge is -2.39. The molecule has 110 valence electrons. The van der Waals surface area contributed by atoms with Gasteiger partial charge in [-0.3, -0.25) is 4.79 Å². The SMILES string of the molecule is COc1cc(OC)c(NC(=O)C2(CN)CCC2)cc1Cl. The van der Waals surface area contributed by atoms with Crippen molar-refractivity contribution in [2.75, 3.05) is 26.1 Å². The van der Waals surface area contributed by atoms with Crippen molar-refractivity contribution in [2.24, 2.45) is 11.1 Å². The Kier molecular flexibility index (Phi) is 4.40. The van der Waals surface area contributed by atoms with Crippen molar-refractivity contribution in [2.45, 2.75) is 19.3 Å². The maximum atomic E-state index is 12.4. The Balaban J connectivity index is 2.24. The van der Waals surface area contributed by atoms with E-state index in [4.69, 9.17) is 26.8 Å². The molecule has 1 fully saturated rings. The van der Waals surface area contributed by atoms with Crippen LogP contribution in [0.25, 0.3) is 0 Å². The van der Waals surface area contributed by atoms with Crippen LogP contribution in [0, 0.1) is 5.41 Å². The molecule has 0 saturated heterocycles. The molecule has 20 heavy (non-hydrogen) atoms. The number of benzene rings is 1. The maximum absolute atomic E-state index is 12.4. The van der Waals surface area contributed by atoms with Gasteiger partial charge in [-0.05, 0) is 18.9 Å². The van der Waals surface area contributed by atoms with Crippen molar-refractivity contribution in [3.8, 4) is 11.5 Å². The van der Waals surface area contributed by atoms with Crippen LogP contribution >= 0.6 is 11.6 Å². The predicted molar refractivity (Wildman–Crippen MR) is 78.5 cm³/mol. The summed E-state index contributed by atoms with van der Waals surface area (Å²) in [4.78, 5) is 12.4. The molecule has 0 heterocycles. The smallest absolute Gasteiger partial charge is 0.231 e. The summed E-state index contributed by atoms with van der Waals surface area (Å²) >= 11 is 6.08. The molecule has 0 unspecified atom stereocenters. The lowest BCUT2D eigenvalue weighted by atomic mass is 9.68. The van der Waals surface area contributed by atoms with E-state index in [-0.39, 0.29) is 5.91 Å². The number of anilines is 1. The van der Waals surface area contributed by atoms with E-state index in [1.165, 1.54) is 14.2 Å². The van der Waals surface area contributed by atoms with E-state index in [2.05, 4.69) is 5.32 Å². The zero-order valence-electron chi connectivity index (χ0n) is 11.7. The molecule has 1 saturated carbocycles. The second-order valence-corrected chi connectivity index (χ2v) is 5.39. The highest BCUT2D eigenvalue weighted by atomic mass is 35.5. The Bertz CT molecular complexity index is 510. The van der Waals surface area contributed by atoms with Crippen molar-refractivity contribution >= 4 is 23.2 Å². The number of hydrogen-bond donors (Lipinski definition) is 2. The van der Waals surface area contributed by atoms with Gasteiger partial charge in [0.15, 0.2) is 0 Å². The largest absolute Gasteiger partial charge is 0.495 e. The molecule has 2 rings (SSSR count). The third-order valence-corrected chi connectivity index (χ3v) is 4.20. The van der Waals surface area contributed by atoms with Crippen LogP contribution in [0.5, 0.6) is 11.5 Å². The number of carbonyl (C=O) groups is 1. The van der Waals surface area contributed by atoms with Gasteiger partial charge in [0, 0.05) is 12.6 Å². The number of ether oxygens (including phenoxy) is 2. The Morgan fingerprint density at radius 3 is 2.45 bits per heavy atom. The highest BCUT2D eigenvalue weighted by Crippen LogP contribution is 2.42. The van der Waals surface area contributed by atoms with Gasteiger partial charge in [-0.25, -0.2) is 0 Å². The van der Waals surface area contributed by atoms with Crippen molar-refractivity contribution in [3.63, 3.8) is 0 Å². The van der Waals surface area contributed by atoms with Crippen LogP contribution in [0.4, 0.5) is 5.69 Å². The van der Waals surface area contributed by atoms with Gasteiger partial charge in [0.1, 0.15) is 11.5 Å². The minimum Gasteiger partial charge on any atom is -0.495 e. The fourth-order valence-electron chi connectivity index (χ4n) is 2.34. The minimum atomic E-state index is -0.447.